The van der Waals surface area contributed by atoms with Crippen molar-refractivity contribution in [3.05, 3.63) is 82.2 Å². The molecule has 33 heavy (non-hydrogen) atoms. The number of methoxy groups -OCH3 is 1. The fourth-order valence-corrected chi connectivity index (χ4v) is 3.50. The predicted octanol–water partition coefficient (Wildman–Crippen LogP) is 4.18. The summed E-state index contributed by atoms with van der Waals surface area (Å²) in [5.41, 5.74) is 3.34. The molecular formula is C25H30N6O2. The molecule has 0 fully saturated rings. The second-order valence-electron chi connectivity index (χ2n) is 7.46. The summed E-state index contributed by atoms with van der Waals surface area (Å²) in [5, 5.41) is 10.7. The Morgan fingerprint density at radius 1 is 1.12 bits per heavy atom. The molecule has 2 aromatic heterocycles. The molecule has 0 amide bonds. The first-order chi connectivity index (χ1) is 16.0. The third kappa shape index (κ3) is 5.34. The van der Waals surface area contributed by atoms with E-state index in [2.05, 4.69) is 20.2 Å². The van der Waals surface area contributed by atoms with Crippen LogP contribution in [0.4, 0.5) is 0 Å². The number of hydrogen-bond acceptors (Lipinski definition) is 7. The molecule has 0 saturated heterocycles. The lowest BCUT2D eigenvalue weighted by molar-refractivity contribution is 0.411. The van der Waals surface area contributed by atoms with E-state index in [9.17, 15) is 4.79 Å². The highest BCUT2D eigenvalue weighted by molar-refractivity contribution is 5.66. The van der Waals surface area contributed by atoms with Gasteiger partial charge in [-0.1, -0.05) is 32.9 Å². The molecule has 3 heterocycles. The van der Waals surface area contributed by atoms with Crippen LogP contribution in [-0.2, 0) is 0 Å². The molecule has 1 aromatic carbocycles. The van der Waals surface area contributed by atoms with Crippen molar-refractivity contribution in [1.29, 1.82) is 0 Å². The quantitative estimate of drug-likeness (QED) is 0.584. The Labute approximate surface area is 194 Å². The zero-order valence-corrected chi connectivity index (χ0v) is 19.9. The maximum Gasteiger partial charge on any atom is 0.203 e. The molecule has 1 aliphatic heterocycles. The van der Waals surface area contributed by atoms with Crippen LogP contribution in [0.1, 0.15) is 49.6 Å². The summed E-state index contributed by atoms with van der Waals surface area (Å²) in [7, 11) is 3.44. The number of allylic oxidation sites excluding steroid dienone is 1. The molecule has 4 rings (SSSR count). The summed E-state index contributed by atoms with van der Waals surface area (Å²) in [4.78, 5) is 21.4. The van der Waals surface area contributed by atoms with Crippen LogP contribution in [-0.4, -0.2) is 45.1 Å². The van der Waals surface area contributed by atoms with E-state index in [1.165, 1.54) is 0 Å². The smallest absolute Gasteiger partial charge is 0.203 e. The predicted molar refractivity (Wildman–Crippen MR) is 131 cm³/mol. The third-order valence-corrected chi connectivity index (χ3v) is 5.34. The van der Waals surface area contributed by atoms with E-state index < -0.39 is 0 Å². The summed E-state index contributed by atoms with van der Waals surface area (Å²) >= 11 is 0. The maximum atomic E-state index is 12.7. The van der Waals surface area contributed by atoms with Gasteiger partial charge < -0.3 is 4.74 Å². The molecule has 172 valence electrons. The Balaban J connectivity index is 0.00000149. The molecule has 0 aliphatic carbocycles. The monoisotopic (exact) mass is 446 g/mol. The molecule has 0 spiro atoms. The molecule has 0 bridgehead atoms. The number of aryl methyl sites for hydroxylation is 1. The van der Waals surface area contributed by atoms with Crippen molar-refractivity contribution >= 4 is 6.21 Å². The summed E-state index contributed by atoms with van der Waals surface area (Å²) in [6.45, 7) is 8.02. The molecule has 1 aliphatic rings. The van der Waals surface area contributed by atoms with Crippen molar-refractivity contribution in [3.63, 3.8) is 0 Å². The van der Waals surface area contributed by atoms with Gasteiger partial charge in [0.25, 0.3) is 0 Å². The number of aromatic nitrogens is 4. The number of nitrogens with zero attached hydrogens (tertiary/aromatic N) is 6. The summed E-state index contributed by atoms with van der Waals surface area (Å²) < 4.78 is 6.89. The first kappa shape index (κ1) is 23.8. The highest BCUT2D eigenvalue weighted by Gasteiger charge is 2.19. The zero-order valence-electron chi connectivity index (χ0n) is 19.9. The lowest BCUT2D eigenvalue weighted by atomic mass is 9.91. The molecule has 8 heteroatoms. The Kier molecular flexibility index (Phi) is 7.71. The van der Waals surface area contributed by atoms with Crippen LogP contribution < -0.4 is 10.2 Å². The van der Waals surface area contributed by atoms with E-state index in [4.69, 9.17) is 4.74 Å². The fraction of sp³-hybridized carbons (Fsp3) is 0.320. The number of hydrogen-bond donors (Lipinski definition) is 0. The minimum atomic E-state index is -0.203. The number of benzene rings is 1. The molecule has 2 unspecified atom stereocenters. The van der Waals surface area contributed by atoms with Crippen molar-refractivity contribution in [2.45, 2.75) is 39.7 Å². The summed E-state index contributed by atoms with van der Waals surface area (Å²) in [5.74, 6) is 0.996. The topological polar surface area (TPSA) is 85.5 Å². The van der Waals surface area contributed by atoms with Gasteiger partial charge in [-0.3, -0.25) is 14.5 Å². The van der Waals surface area contributed by atoms with Crippen LogP contribution in [0, 0.1) is 6.92 Å². The highest BCUT2D eigenvalue weighted by atomic mass is 16.5. The average Bonchev–Trinajstić information content (AvgIpc) is 2.86. The Morgan fingerprint density at radius 3 is 2.48 bits per heavy atom. The lowest BCUT2D eigenvalue weighted by Crippen LogP contribution is -2.24. The maximum absolute atomic E-state index is 12.7. The van der Waals surface area contributed by atoms with E-state index in [1.54, 1.807) is 47.7 Å². The number of hydrazone groups is 1. The van der Waals surface area contributed by atoms with E-state index in [-0.39, 0.29) is 17.4 Å². The van der Waals surface area contributed by atoms with Crippen molar-refractivity contribution in [3.8, 4) is 17.1 Å². The second kappa shape index (κ2) is 10.7. The van der Waals surface area contributed by atoms with Crippen LogP contribution >= 0.6 is 0 Å². The molecule has 0 N–H and O–H groups in total. The molecular weight excluding hydrogens is 416 g/mol. The van der Waals surface area contributed by atoms with Gasteiger partial charge in [0, 0.05) is 37.0 Å². The van der Waals surface area contributed by atoms with Crippen molar-refractivity contribution in [2.75, 3.05) is 14.2 Å². The summed E-state index contributed by atoms with van der Waals surface area (Å²) in [6, 6.07) is 7.44. The average molecular weight is 447 g/mol. The van der Waals surface area contributed by atoms with Crippen LogP contribution in [0.3, 0.4) is 0 Å². The molecule has 0 saturated carbocycles. The number of rotatable bonds is 5. The van der Waals surface area contributed by atoms with E-state index in [0.717, 1.165) is 16.7 Å². The molecule has 8 nitrogen and oxygen atoms in total. The highest BCUT2D eigenvalue weighted by Crippen LogP contribution is 2.28. The largest absolute Gasteiger partial charge is 0.494 e. The van der Waals surface area contributed by atoms with Gasteiger partial charge in [0.05, 0.1) is 25.7 Å². The standard InChI is InChI=1S/C23H24N6O2.C2H6/c1-15-5-6-17(23-24-13-19(31-4)14-25-23)11-20(15)16(2)22-21(30)8-10-29(27-22)18-7-9-28(3)26-12-18;1-2/h5-14,16,18H,1-4H3;1-2H3. The lowest BCUT2D eigenvalue weighted by Gasteiger charge is -2.20. The SMILES string of the molecule is CC.COc1cnc(-c2ccc(C)c(C(C)c3nn(C4C=CN(C)N=C4)ccc3=O)c2)nc1. The number of ether oxygens (including phenoxy) is 1. The summed E-state index contributed by atoms with van der Waals surface area (Å²) in [6.07, 6.45) is 10.6. The minimum Gasteiger partial charge on any atom is -0.494 e. The second-order valence-corrected chi connectivity index (χ2v) is 7.46. The first-order valence-corrected chi connectivity index (χ1v) is 11.0. The Hall–Kier alpha value is -3.81. The molecule has 2 atom stereocenters. The van der Waals surface area contributed by atoms with Gasteiger partial charge in [0.2, 0.25) is 5.43 Å². The van der Waals surface area contributed by atoms with E-state index in [1.807, 2.05) is 65.2 Å². The van der Waals surface area contributed by atoms with Gasteiger partial charge in [-0.15, -0.1) is 0 Å². The van der Waals surface area contributed by atoms with Crippen LogP contribution in [0.2, 0.25) is 0 Å². The van der Waals surface area contributed by atoms with Crippen LogP contribution in [0.25, 0.3) is 11.4 Å². The van der Waals surface area contributed by atoms with Gasteiger partial charge in [0.1, 0.15) is 11.7 Å². The Bertz CT molecular complexity index is 1190. The van der Waals surface area contributed by atoms with Crippen molar-refractivity contribution < 1.29 is 4.74 Å². The van der Waals surface area contributed by atoms with Crippen LogP contribution in [0.5, 0.6) is 5.75 Å². The third-order valence-electron chi connectivity index (χ3n) is 5.34. The van der Waals surface area contributed by atoms with Gasteiger partial charge >= 0.3 is 0 Å². The van der Waals surface area contributed by atoms with E-state index in [0.29, 0.717) is 17.3 Å². The van der Waals surface area contributed by atoms with Gasteiger partial charge in [0.15, 0.2) is 11.6 Å². The minimum absolute atomic E-state index is 0.0944. The Morgan fingerprint density at radius 2 is 1.85 bits per heavy atom. The van der Waals surface area contributed by atoms with Gasteiger partial charge in [-0.05, 0) is 30.2 Å². The zero-order chi connectivity index (χ0) is 24.0. The first-order valence-electron chi connectivity index (χ1n) is 11.0. The fourth-order valence-electron chi connectivity index (χ4n) is 3.50. The molecule has 0 radical (unpaired) electrons. The van der Waals surface area contributed by atoms with Crippen molar-refractivity contribution in [1.82, 2.24) is 24.8 Å². The normalized spacial score (nSPS) is 15.6. The van der Waals surface area contributed by atoms with Gasteiger partial charge in [-0.2, -0.15) is 10.2 Å². The van der Waals surface area contributed by atoms with E-state index >= 15 is 0 Å². The van der Waals surface area contributed by atoms with Gasteiger partial charge in [-0.25, -0.2) is 9.97 Å². The van der Waals surface area contributed by atoms with Crippen LogP contribution in [0.15, 0.2) is 65.0 Å². The molecule has 3 aromatic rings. The van der Waals surface area contributed by atoms with Crippen molar-refractivity contribution in [2.24, 2.45) is 5.10 Å².